The second kappa shape index (κ2) is 7.62. The Kier molecular flexibility index (Phi) is 5.03. The number of benzene rings is 1. The Morgan fingerprint density at radius 2 is 1.96 bits per heavy atom. The number of aromatic nitrogens is 3. The Bertz CT molecular complexity index is 963. The first-order chi connectivity index (χ1) is 13.5. The monoisotopic (exact) mass is 377 g/mol. The molecule has 1 aliphatic rings. The Hall–Kier alpha value is -2.89. The fourth-order valence-electron chi connectivity index (χ4n) is 4.04. The van der Waals surface area contributed by atoms with Crippen LogP contribution in [0.15, 0.2) is 42.6 Å². The molecule has 3 heterocycles. The van der Waals surface area contributed by atoms with Gasteiger partial charge in [-0.05, 0) is 43.9 Å². The number of fused-ring (bicyclic) bond motifs is 1. The van der Waals surface area contributed by atoms with Crippen molar-refractivity contribution in [3.05, 3.63) is 54.0 Å². The molecule has 1 aromatic carbocycles. The van der Waals surface area contributed by atoms with Crippen LogP contribution in [0.1, 0.15) is 29.0 Å². The van der Waals surface area contributed by atoms with E-state index in [1.165, 1.54) is 11.1 Å². The van der Waals surface area contributed by atoms with Crippen molar-refractivity contribution in [1.82, 2.24) is 19.7 Å². The topological polar surface area (TPSA) is 54.3 Å². The standard InChI is InChI=1S/C22H27N5O/c1-16-14-20(24-26(16)3)22(28)25(2)15-17-9-12-27(13-10-17)21-8-11-23-19-7-5-4-6-18(19)21/h4-8,11,14,17H,9-10,12-13,15H2,1-3H3. The summed E-state index contributed by atoms with van der Waals surface area (Å²) in [4.78, 5) is 21.4. The van der Waals surface area contributed by atoms with Crippen LogP contribution in [0.3, 0.4) is 0 Å². The fraction of sp³-hybridized carbons (Fsp3) is 0.409. The molecule has 0 unspecified atom stereocenters. The summed E-state index contributed by atoms with van der Waals surface area (Å²) >= 11 is 0. The van der Waals surface area contributed by atoms with Crippen LogP contribution < -0.4 is 4.90 Å². The molecule has 0 N–H and O–H groups in total. The van der Waals surface area contributed by atoms with Gasteiger partial charge in [-0.2, -0.15) is 5.10 Å². The van der Waals surface area contributed by atoms with Gasteiger partial charge in [0.15, 0.2) is 5.69 Å². The molecule has 146 valence electrons. The Balaban J connectivity index is 1.38. The molecule has 6 heteroatoms. The van der Waals surface area contributed by atoms with E-state index in [0.29, 0.717) is 11.6 Å². The lowest BCUT2D eigenvalue weighted by atomic mass is 9.95. The molecule has 1 amide bonds. The van der Waals surface area contributed by atoms with E-state index in [0.717, 1.165) is 43.7 Å². The molecule has 0 spiro atoms. The lowest BCUT2D eigenvalue weighted by Gasteiger charge is -2.35. The minimum Gasteiger partial charge on any atom is -0.371 e. The number of amides is 1. The molecule has 0 saturated carbocycles. The van der Waals surface area contributed by atoms with E-state index < -0.39 is 0 Å². The van der Waals surface area contributed by atoms with Gasteiger partial charge in [0.2, 0.25) is 0 Å². The van der Waals surface area contributed by atoms with E-state index in [9.17, 15) is 4.79 Å². The lowest BCUT2D eigenvalue weighted by molar-refractivity contribution is 0.0758. The maximum atomic E-state index is 12.6. The molecule has 0 bridgehead atoms. The number of nitrogens with zero attached hydrogens (tertiary/aromatic N) is 5. The maximum Gasteiger partial charge on any atom is 0.274 e. The molecule has 6 nitrogen and oxygen atoms in total. The van der Waals surface area contributed by atoms with Crippen LogP contribution in [0, 0.1) is 12.8 Å². The highest BCUT2D eigenvalue weighted by molar-refractivity contribution is 5.92. The largest absolute Gasteiger partial charge is 0.371 e. The van der Waals surface area contributed by atoms with Crippen LogP contribution in [-0.4, -0.2) is 52.3 Å². The molecule has 2 aromatic heterocycles. The molecule has 3 aromatic rings. The van der Waals surface area contributed by atoms with Gasteiger partial charge in [-0.3, -0.25) is 14.5 Å². The smallest absolute Gasteiger partial charge is 0.274 e. The number of para-hydroxylation sites is 1. The normalized spacial score (nSPS) is 15.2. The van der Waals surface area contributed by atoms with Gasteiger partial charge in [-0.25, -0.2) is 0 Å². The van der Waals surface area contributed by atoms with Crippen molar-refractivity contribution >= 4 is 22.5 Å². The van der Waals surface area contributed by atoms with Crippen molar-refractivity contribution in [3.8, 4) is 0 Å². The van der Waals surface area contributed by atoms with Crippen molar-refractivity contribution in [1.29, 1.82) is 0 Å². The van der Waals surface area contributed by atoms with Crippen molar-refractivity contribution in [2.24, 2.45) is 13.0 Å². The summed E-state index contributed by atoms with van der Waals surface area (Å²) in [6.45, 7) is 4.74. The number of hydrogen-bond donors (Lipinski definition) is 0. The predicted molar refractivity (Wildman–Crippen MR) is 112 cm³/mol. The van der Waals surface area contributed by atoms with Gasteiger partial charge in [-0.1, -0.05) is 18.2 Å². The van der Waals surface area contributed by atoms with Gasteiger partial charge in [0.25, 0.3) is 5.91 Å². The molecule has 0 atom stereocenters. The minimum atomic E-state index is 0.00579. The van der Waals surface area contributed by atoms with Gasteiger partial charge < -0.3 is 9.80 Å². The van der Waals surface area contributed by atoms with E-state index in [1.807, 2.05) is 44.2 Å². The highest BCUT2D eigenvalue weighted by Gasteiger charge is 2.24. The number of rotatable bonds is 4. The highest BCUT2D eigenvalue weighted by Crippen LogP contribution is 2.29. The first-order valence-electron chi connectivity index (χ1n) is 9.87. The van der Waals surface area contributed by atoms with Gasteiger partial charge >= 0.3 is 0 Å². The second-order valence-corrected chi connectivity index (χ2v) is 7.76. The van der Waals surface area contributed by atoms with Gasteiger partial charge in [0, 0.05) is 56.7 Å². The van der Waals surface area contributed by atoms with Crippen molar-refractivity contribution < 1.29 is 4.79 Å². The van der Waals surface area contributed by atoms with E-state index in [4.69, 9.17) is 0 Å². The van der Waals surface area contributed by atoms with E-state index >= 15 is 0 Å². The number of pyridine rings is 1. The lowest BCUT2D eigenvalue weighted by Crippen LogP contribution is -2.39. The Morgan fingerprint density at radius 3 is 2.68 bits per heavy atom. The van der Waals surface area contributed by atoms with E-state index in [2.05, 4.69) is 39.2 Å². The zero-order valence-corrected chi connectivity index (χ0v) is 16.8. The number of carbonyl (C=O) groups excluding carboxylic acids is 1. The molecule has 1 saturated heterocycles. The quantitative estimate of drug-likeness (QED) is 0.700. The average molecular weight is 377 g/mol. The summed E-state index contributed by atoms with van der Waals surface area (Å²) < 4.78 is 1.75. The summed E-state index contributed by atoms with van der Waals surface area (Å²) in [5.74, 6) is 0.523. The summed E-state index contributed by atoms with van der Waals surface area (Å²) in [5.41, 5.74) is 3.83. The summed E-state index contributed by atoms with van der Waals surface area (Å²) in [7, 11) is 3.75. The van der Waals surface area contributed by atoms with Crippen LogP contribution >= 0.6 is 0 Å². The third-order valence-electron chi connectivity index (χ3n) is 5.79. The molecule has 0 aliphatic carbocycles. The first kappa shape index (κ1) is 18.5. The SMILES string of the molecule is Cc1cc(C(=O)N(C)CC2CCN(c3ccnc4ccccc34)CC2)nn1C. The molecule has 0 radical (unpaired) electrons. The van der Waals surface area contributed by atoms with Crippen LogP contribution in [0.4, 0.5) is 5.69 Å². The van der Waals surface area contributed by atoms with E-state index in [1.54, 1.807) is 4.68 Å². The van der Waals surface area contributed by atoms with Crippen LogP contribution in [0.5, 0.6) is 0 Å². The minimum absolute atomic E-state index is 0.00579. The maximum absolute atomic E-state index is 12.6. The number of anilines is 1. The summed E-state index contributed by atoms with van der Waals surface area (Å²) in [6, 6.07) is 12.3. The van der Waals surface area contributed by atoms with Crippen molar-refractivity contribution in [3.63, 3.8) is 0 Å². The predicted octanol–water partition coefficient (Wildman–Crippen LogP) is 3.27. The number of hydrogen-bond acceptors (Lipinski definition) is 4. The summed E-state index contributed by atoms with van der Waals surface area (Å²) in [5, 5.41) is 5.53. The number of aryl methyl sites for hydroxylation is 2. The molecule has 1 fully saturated rings. The van der Waals surface area contributed by atoms with Crippen LogP contribution in [0.2, 0.25) is 0 Å². The van der Waals surface area contributed by atoms with Gasteiger partial charge in [0.1, 0.15) is 0 Å². The Labute approximate surface area is 165 Å². The third-order valence-corrected chi connectivity index (χ3v) is 5.79. The van der Waals surface area contributed by atoms with Crippen LogP contribution in [-0.2, 0) is 7.05 Å². The molecule has 4 rings (SSSR count). The molecular formula is C22H27N5O. The second-order valence-electron chi connectivity index (χ2n) is 7.76. The molecular weight excluding hydrogens is 350 g/mol. The fourth-order valence-corrected chi connectivity index (χ4v) is 4.04. The molecule has 1 aliphatic heterocycles. The average Bonchev–Trinajstić information content (AvgIpc) is 3.06. The highest BCUT2D eigenvalue weighted by atomic mass is 16.2. The van der Waals surface area contributed by atoms with Crippen molar-refractivity contribution in [2.45, 2.75) is 19.8 Å². The zero-order chi connectivity index (χ0) is 19.7. The van der Waals surface area contributed by atoms with Crippen molar-refractivity contribution in [2.75, 3.05) is 31.6 Å². The van der Waals surface area contributed by atoms with Gasteiger partial charge in [0.05, 0.1) is 5.52 Å². The molecule has 28 heavy (non-hydrogen) atoms. The summed E-state index contributed by atoms with van der Waals surface area (Å²) in [6.07, 6.45) is 4.05. The number of carbonyl (C=O) groups is 1. The number of piperidine rings is 1. The van der Waals surface area contributed by atoms with Gasteiger partial charge in [-0.15, -0.1) is 0 Å². The van der Waals surface area contributed by atoms with E-state index in [-0.39, 0.29) is 5.91 Å². The van der Waals surface area contributed by atoms with Crippen LogP contribution in [0.25, 0.3) is 10.9 Å². The Morgan fingerprint density at radius 1 is 1.21 bits per heavy atom. The third kappa shape index (κ3) is 3.59. The first-order valence-corrected chi connectivity index (χ1v) is 9.87. The zero-order valence-electron chi connectivity index (χ0n) is 16.8.